The Morgan fingerprint density at radius 2 is 1.45 bits per heavy atom. The number of unbranched alkanes of at least 4 members (excludes halogenated alkanes) is 2. The third-order valence-electron chi connectivity index (χ3n) is 7.63. The number of hydrogen-bond donors (Lipinski definition) is 1. The highest BCUT2D eigenvalue weighted by molar-refractivity contribution is 7.09. The smallest absolute Gasteiger partial charge is 0.313 e. The third kappa shape index (κ3) is 16.0. The van der Waals surface area contributed by atoms with E-state index in [0.29, 0.717) is 24.3 Å². The molecule has 0 unspecified atom stereocenters. The number of aromatic nitrogens is 2. The summed E-state index contributed by atoms with van der Waals surface area (Å²) in [4.78, 5) is 29.4. The Bertz CT molecular complexity index is 1580. The number of allylic oxidation sites excluding steroid dienone is 10. The number of carbonyl (C=O) groups is 1. The van der Waals surface area contributed by atoms with Crippen molar-refractivity contribution >= 4 is 17.3 Å². The van der Waals surface area contributed by atoms with Crippen LogP contribution in [0.1, 0.15) is 93.3 Å². The van der Waals surface area contributed by atoms with Crippen molar-refractivity contribution in [3.05, 3.63) is 135 Å². The summed E-state index contributed by atoms with van der Waals surface area (Å²) < 4.78 is 12.2. The third-order valence-corrected chi connectivity index (χ3v) is 8.60. The molecule has 1 aromatic carbocycles. The van der Waals surface area contributed by atoms with Crippen molar-refractivity contribution in [2.24, 2.45) is 0 Å². The fourth-order valence-electron chi connectivity index (χ4n) is 4.71. The lowest BCUT2D eigenvalue weighted by Gasteiger charge is -2.08. The van der Waals surface area contributed by atoms with Crippen molar-refractivity contribution in [1.82, 2.24) is 9.55 Å². The van der Waals surface area contributed by atoms with E-state index >= 15 is 0 Å². The van der Waals surface area contributed by atoms with Gasteiger partial charge in [-0.1, -0.05) is 111 Å². The second-order valence-corrected chi connectivity index (χ2v) is 12.6. The number of benzene rings is 1. The Morgan fingerprint density at radius 1 is 0.837 bits per heavy atom. The molecule has 0 amide bonds. The average Bonchev–Trinajstić information content (AvgIpc) is 3.38. The summed E-state index contributed by atoms with van der Waals surface area (Å²) in [7, 11) is 0. The molecule has 2 aromatic heterocycles. The maximum atomic E-state index is 12.5. The standard InChI is InChI=1S/C41H52N2O5S/c1-3-5-6-7-8-9-10-11-12-13-14-15-16-17-18-19-20-21-22-39(44)48-33-43-40(45)38(49-41(43)46)31-35-24-27-37(28-25-35)47-30-29-36-26-23-34(4-2)32-42-36/h6-7,9-10,12-13,15-16,18-19,23-28,32,45H,3-5,8,11,14,17,20-22,29-31,33H2,1-2H3. The van der Waals surface area contributed by atoms with Gasteiger partial charge in [-0.05, 0) is 80.7 Å². The van der Waals surface area contributed by atoms with Crippen molar-refractivity contribution in [2.75, 3.05) is 6.61 Å². The molecule has 0 fully saturated rings. The molecule has 3 aromatic rings. The Balaban J connectivity index is 1.27. The number of aryl methyl sites for hydroxylation is 1. The summed E-state index contributed by atoms with van der Waals surface area (Å²) in [5.41, 5.74) is 3.13. The molecule has 0 radical (unpaired) electrons. The highest BCUT2D eigenvalue weighted by atomic mass is 32.1. The van der Waals surface area contributed by atoms with Crippen LogP contribution in [0.25, 0.3) is 0 Å². The zero-order valence-electron chi connectivity index (χ0n) is 29.1. The number of rotatable bonds is 23. The number of pyridine rings is 1. The number of carbonyl (C=O) groups excluding carboxylic acids is 1. The van der Waals surface area contributed by atoms with Gasteiger partial charge >= 0.3 is 10.8 Å². The molecule has 0 aliphatic carbocycles. The SMILES string of the molecule is CCCC=CCC=CCC=CCC=CCC=CCCCC(=O)OCn1c(O)c(Cc2ccc(OCCc3ccc(CC)cn3)cc2)sc1=O. The van der Waals surface area contributed by atoms with Gasteiger partial charge in [0.15, 0.2) is 6.73 Å². The zero-order chi connectivity index (χ0) is 34.9. The molecule has 0 spiro atoms. The van der Waals surface area contributed by atoms with Crippen LogP contribution in [-0.2, 0) is 35.5 Å². The molecule has 0 aliphatic rings. The van der Waals surface area contributed by atoms with Crippen molar-refractivity contribution in [3.63, 3.8) is 0 Å². The van der Waals surface area contributed by atoms with Crippen LogP contribution in [0.2, 0.25) is 0 Å². The fourth-order valence-corrected chi connectivity index (χ4v) is 5.61. The van der Waals surface area contributed by atoms with Gasteiger partial charge in [-0.25, -0.2) is 4.57 Å². The van der Waals surface area contributed by atoms with E-state index < -0.39 is 5.97 Å². The van der Waals surface area contributed by atoms with E-state index in [1.54, 1.807) is 0 Å². The van der Waals surface area contributed by atoms with Gasteiger partial charge < -0.3 is 14.6 Å². The number of aromatic hydroxyl groups is 1. The largest absolute Gasteiger partial charge is 0.494 e. The van der Waals surface area contributed by atoms with Gasteiger partial charge in [-0.15, -0.1) is 0 Å². The highest BCUT2D eigenvalue weighted by Crippen LogP contribution is 2.24. The first-order valence-electron chi connectivity index (χ1n) is 17.5. The molecule has 0 atom stereocenters. The molecule has 0 saturated carbocycles. The quantitative estimate of drug-likeness (QED) is 0.0608. The van der Waals surface area contributed by atoms with Crippen LogP contribution in [0.4, 0.5) is 0 Å². The molecule has 1 N–H and O–H groups in total. The van der Waals surface area contributed by atoms with Crippen LogP contribution in [0.3, 0.4) is 0 Å². The molecule has 2 heterocycles. The first-order chi connectivity index (χ1) is 24.0. The van der Waals surface area contributed by atoms with Crippen LogP contribution >= 0.6 is 11.3 Å². The first-order valence-corrected chi connectivity index (χ1v) is 18.3. The Labute approximate surface area is 296 Å². The fraction of sp³-hybridized carbons (Fsp3) is 0.390. The molecule has 262 valence electrons. The van der Waals surface area contributed by atoms with Crippen LogP contribution in [0, 0.1) is 0 Å². The minimum absolute atomic E-state index is 0.168. The highest BCUT2D eigenvalue weighted by Gasteiger charge is 2.16. The summed E-state index contributed by atoms with van der Waals surface area (Å²) in [5.74, 6) is 0.178. The van der Waals surface area contributed by atoms with Gasteiger partial charge in [0.1, 0.15) is 5.75 Å². The van der Waals surface area contributed by atoms with Crippen molar-refractivity contribution in [3.8, 4) is 11.6 Å². The van der Waals surface area contributed by atoms with Crippen molar-refractivity contribution in [1.29, 1.82) is 0 Å². The Kier molecular flexibility index (Phi) is 19.0. The van der Waals surface area contributed by atoms with Gasteiger partial charge in [0.05, 0.1) is 11.5 Å². The van der Waals surface area contributed by atoms with Crippen molar-refractivity contribution < 1.29 is 19.4 Å². The molecular formula is C41H52N2O5S. The molecule has 0 saturated heterocycles. The van der Waals surface area contributed by atoms with E-state index in [0.717, 1.165) is 84.3 Å². The average molecular weight is 685 g/mol. The minimum atomic E-state index is -0.397. The molecular weight excluding hydrogens is 633 g/mol. The summed E-state index contributed by atoms with van der Waals surface area (Å²) in [6, 6.07) is 11.7. The molecule has 49 heavy (non-hydrogen) atoms. The Morgan fingerprint density at radius 3 is 2.04 bits per heavy atom. The summed E-state index contributed by atoms with van der Waals surface area (Å²) in [6.07, 6.45) is 33.4. The van der Waals surface area contributed by atoms with Crippen molar-refractivity contribution in [2.45, 2.75) is 97.6 Å². The van der Waals surface area contributed by atoms with E-state index in [-0.39, 0.29) is 23.9 Å². The van der Waals surface area contributed by atoms with Crippen LogP contribution in [0.15, 0.2) is 108 Å². The first kappa shape index (κ1) is 39.0. The number of esters is 1. The number of ether oxygens (including phenoxy) is 2. The van der Waals surface area contributed by atoms with Crippen LogP contribution < -0.4 is 9.61 Å². The van der Waals surface area contributed by atoms with E-state index in [4.69, 9.17) is 9.47 Å². The molecule has 0 bridgehead atoms. The van der Waals surface area contributed by atoms with Gasteiger partial charge in [0.2, 0.25) is 5.88 Å². The molecule has 0 aliphatic heterocycles. The van der Waals surface area contributed by atoms with E-state index in [1.807, 2.05) is 36.5 Å². The van der Waals surface area contributed by atoms with Crippen LogP contribution in [0.5, 0.6) is 11.6 Å². The Hall–Kier alpha value is -4.43. The number of nitrogens with zero attached hydrogens (tertiary/aromatic N) is 2. The van der Waals surface area contributed by atoms with E-state index in [1.165, 1.54) is 12.0 Å². The lowest BCUT2D eigenvalue weighted by Crippen LogP contribution is -2.17. The zero-order valence-corrected chi connectivity index (χ0v) is 29.9. The monoisotopic (exact) mass is 684 g/mol. The number of thiazole rings is 1. The van der Waals surface area contributed by atoms with E-state index in [2.05, 4.69) is 85.7 Å². The molecule has 7 nitrogen and oxygen atoms in total. The lowest BCUT2D eigenvalue weighted by molar-refractivity contribution is -0.147. The topological polar surface area (TPSA) is 90.7 Å². The minimum Gasteiger partial charge on any atom is -0.494 e. The van der Waals surface area contributed by atoms with E-state index in [9.17, 15) is 14.7 Å². The second kappa shape index (κ2) is 23.8. The lowest BCUT2D eigenvalue weighted by atomic mass is 10.1. The molecule has 8 heteroatoms. The summed E-state index contributed by atoms with van der Waals surface area (Å²) >= 11 is 0.952. The predicted octanol–water partition coefficient (Wildman–Crippen LogP) is 9.60. The second-order valence-electron chi connectivity index (χ2n) is 11.6. The van der Waals surface area contributed by atoms with Gasteiger partial charge in [0, 0.05) is 31.2 Å². The van der Waals surface area contributed by atoms with Crippen LogP contribution in [-0.4, -0.2) is 27.2 Å². The normalized spacial score (nSPS) is 12.0. The van der Waals surface area contributed by atoms with Gasteiger partial charge in [-0.3, -0.25) is 14.6 Å². The predicted molar refractivity (Wildman–Crippen MR) is 201 cm³/mol. The summed E-state index contributed by atoms with van der Waals surface area (Å²) in [5, 5.41) is 10.7. The van der Waals surface area contributed by atoms with Gasteiger partial charge in [-0.2, -0.15) is 0 Å². The summed E-state index contributed by atoms with van der Waals surface area (Å²) in [6.45, 7) is 4.51. The number of hydrogen-bond acceptors (Lipinski definition) is 7. The molecule has 3 rings (SSSR count). The maximum absolute atomic E-state index is 12.5. The maximum Gasteiger partial charge on any atom is 0.313 e. The van der Waals surface area contributed by atoms with Gasteiger partial charge in [0.25, 0.3) is 0 Å².